The Bertz CT molecular complexity index is 413. The highest BCUT2D eigenvalue weighted by molar-refractivity contribution is 5.49. The van der Waals surface area contributed by atoms with Crippen molar-refractivity contribution in [3.63, 3.8) is 0 Å². The van der Waals surface area contributed by atoms with Crippen LogP contribution in [-0.2, 0) is 0 Å². The van der Waals surface area contributed by atoms with E-state index in [0.717, 1.165) is 24.0 Å². The van der Waals surface area contributed by atoms with Gasteiger partial charge in [0.2, 0.25) is 0 Å². The number of nitrogens with one attached hydrogen (secondary N) is 1. The topological polar surface area (TPSA) is 41.0 Å². The quantitative estimate of drug-likeness (QED) is 0.859. The Labute approximate surface area is 123 Å². The van der Waals surface area contributed by atoms with E-state index in [1.54, 1.807) is 0 Å². The van der Waals surface area contributed by atoms with E-state index in [1.807, 2.05) is 6.92 Å². The van der Waals surface area contributed by atoms with Gasteiger partial charge < -0.3 is 10.2 Å². The summed E-state index contributed by atoms with van der Waals surface area (Å²) in [4.78, 5) is 11.3. The Balaban J connectivity index is 2.03. The van der Waals surface area contributed by atoms with E-state index in [1.165, 1.54) is 44.9 Å². The van der Waals surface area contributed by atoms with Gasteiger partial charge in [0.05, 0.1) is 0 Å². The number of anilines is 2. The SMILES string of the molecule is CCCCN(C)c1cc(NC2CCCCC2)nc(C)n1. The minimum Gasteiger partial charge on any atom is -0.367 e. The molecule has 0 aliphatic heterocycles. The van der Waals surface area contributed by atoms with Crippen LogP contribution in [0.1, 0.15) is 57.7 Å². The number of nitrogens with zero attached hydrogens (tertiary/aromatic N) is 3. The molecular formula is C16H28N4. The first-order chi connectivity index (χ1) is 9.69. The Hall–Kier alpha value is -1.32. The predicted molar refractivity (Wildman–Crippen MR) is 85.4 cm³/mol. The molecule has 0 unspecified atom stereocenters. The molecule has 4 nitrogen and oxygen atoms in total. The molecule has 20 heavy (non-hydrogen) atoms. The molecule has 1 heterocycles. The van der Waals surface area contributed by atoms with Gasteiger partial charge in [-0.15, -0.1) is 0 Å². The third-order valence-electron chi connectivity index (χ3n) is 4.02. The van der Waals surface area contributed by atoms with Gasteiger partial charge in [-0.2, -0.15) is 0 Å². The maximum atomic E-state index is 4.55. The van der Waals surface area contributed by atoms with Gasteiger partial charge in [0.15, 0.2) is 0 Å². The molecule has 0 aromatic carbocycles. The Morgan fingerprint density at radius 1 is 1.25 bits per heavy atom. The molecule has 1 saturated carbocycles. The number of rotatable bonds is 6. The zero-order valence-electron chi connectivity index (χ0n) is 13.2. The number of hydrogen-bond donors (Lipinski definition) is 1. The van der Waals surface area contributed by atoms with Gasteiger partial charge in [-0.05, 0) is 26.2 Å². The van der Waals surface area contributed by atoms with Crippen molar-refractivity contribution < 1.29 is 0 Å². The molecular weight excluding hydrogens is 248 g/mol. The summed E-state index contributed by atoms with van der Waals surface area (Å²) in [6.07, 6.45) is 9.00. The lowest BCUT2D eigenvalue weighted by molar-refractivity contribution is 0.461. The molecule has 1 aliphatic rings. The van der Waals surface area contributed by atoms with Crippen LogP contribution in [0.25, 0.3) is 0 Å². The van der Waals surface area contributed by atoms with Crippen LogP contribution >= 0.6 is 0 Å². The Kier molecular flexibility index (Phi) is 5.62. The molecule has 0 atom stereocenters. The van der Waals surface area contributed by atoms with Gasteiger partial charge in [0.1, 0.15) is 17.5 Å². The van der Waals surface area contributed by atoms with Crippen molar-refractivity contribution in [1.82, 2.24) is 9.97 Å². The molecule has 1 aliphatic carbocycles. The van der Waals surface area contributed by atoms with Gasteiger partial charge in [-0.1, -0.05) is 32.6 Å². The second-order valence-corrected chi connectivity index (χ2v) is 5.91. The number of aromatic nitrogens is 2. The molecule has 112 valence electrons. The number of aryl methyl sites for hydroxylation is 1. The van der Waals surface area contributed by atoms with Gasteiger partial charge in [0, 0.05) is 25.7 Å². The average molecular weight is 276 g/mol. The highest BCUT2D eigenvalue weighted by Gasteiger charge is 2.14. The normalized spacial score (nSPS) is 16.1. The summed E-state index contributed by atoms with van der Waals surface area (Å²) in [7, 11) is 2.11. The summed E-state index contributed by atoms with van der Waals surface area (Å²) < 4.78 is 0. The molecule has 1 fully saturated rings. The van der Waals surface area contributed by atoms with Crippen molar-refractivity contribution in [3.8, 4) is 0 Å². The van der Waals surface area contributed by atoms with Crippen LogP contribution in [0, 0.1) is 6.92 Å². The molecule has 4 heteroatoms. The summed E-state index contributed by atoms with van der Waals surface area (Å²) >= 11 is 0. The van der Waals surface area contributed by atoms with Crippen LogP contribution in [0.5, 0.6) is 0 Å². The van der Waals surface area contributed by atoms with Crippen LogP contribution in [0.15, 0.2) is 6.07 Å². The van der Waals surface area contributed by atoms with E-state index >= 15 is 0 Å². The smallest absolute Gasteiger partial charge is 0.134 e. The van der Waals surface area contributed by atoms with Crippen molar-refractivity contribution in [2.75, 3.05) is 23.8 Å². The second kappa shape index (κ2) is 7.46. The zero-order chi connectivity index (χ0) is 14.4. The molecule has 1 aromatic rings. The Morgan fingerprint density at radius 3 is 2.70 bits per heavy atom. The maximum absolute atomic E-state index is 4.55. The molecule has 0 amide bonds. The van der Waals surface area contributed by atoms with Gasteiger partial charge in [-0.25, -0.2) is 9.97 Å². The monoisotopic (exact) mass is 276 g/mol. The van der Waals surface area contributed by atoms with Crippen molar-refractivity contribution >= 4 is 11.6 Å². The molecule has 0 spiro atoms. The third kappa shape index (κ3) is 4.36. The maximum Gasteiger partial charge on any atom is 0.134 e. The third-order valence-corrected chi connectivity index (χ3v) is 4.02. The van der Waals surface area contributed by atoms with Gasteiger partial charge in [0.25, 0.3) is 0 Å². The lowest BCUT2D eigenvalue weighted by Crippen LogP contribution is -2.24. The first-order valence-electron chi connectivity index (χ1n) is 8.02. The van der Waals surface area contributed by atoms with Crippen LogP contribution in [0.4, 0.5) is 11.6 Å². The van der Waals surface area contributed by atoms with E-state index in [4.69, 9.17) is 0 Å². The first kappa shape index (κ1) is 15.1. The first-order valence-corrected chi connectivity index (χ1v) is 8.02. The van der Waals surface area contributed by atoms with Crippen molar-refractivity contribution in [2.24, 2.45) is 0 Å². The van der Waals surface area contributed by atoms with E-state index < -0.39 is 0 Å². The minimum absolute atomic E-state index is 0.590. The minimum atomic E-state index is 0.590. The Morgan fingerprint density at radius 2 is 2.00 bits per heavy atom. The van der Waals surface area contributed by atoms with Crippen molar-refractivity contribution in [3.05, 3.63) is 11.9 Å². The van der Waals surface area contributed by atoms with E-state index in [9.17, 15) is 0 Å². The molecule has 1 aromatic heterocycles. The molecule has 0 saturated heterocycles. The average Bonchev–Trinajstić information content (AvgIpc) is 2.45. The highest BCUT2D eigenvalue weighted by atomic mass is 15.2. The predicted octanol–water partition coefficient (Wildman–Crippen LogP) is 3.77. The molecule has 1 N–H and O–H groups in total. The van der Waals surface area contributed by atoms with Crippen LogP contribution in [-0.4, -0.2) is 29.6 Å². The number of hydrogen-bond acceptors (Lipinski definition) is 4. The highest BCUT2D eigenvalue weighted by Crippen LogP contribution is 2.22. The van der Waals surface area contributed by atoms with Crippen LogP contribution in [0.2, 0.25) is 0 Å². The van der Waals surface area contributed by atoms with Gasteiger partial charge in [-0.3, -0.25) is 0 Å². The fraction of sp³-hybridized carbons (Fsp3) is 0.750. The van der Waals surface area contributed by atoms with E-state index in [2.05, 4.69) is 40.2 Å². The fourth-order valence-corrected chi connectivity index (χ4v) is 2.79. The fourth-order valence-electron chi connectivity index (χ4n) is 2.79. The van der Waals surface area contributed by atoms with E-state index in [-0.39, 0.29) is 0 Å². The summed E-state index contributed by atoms with van der Waals surface area (Å²) in [5.41, 5.74) is 0. The summed E-state index contributed by atoms with van der Waals surface area (Å²) in [5, 5.41) is 3.60. The largest absolute Gasteiger partial charge is 0.367 e. The van der Waals surface area contributed by atoms with Crippen molar-refractivity contribution in [2.45, 2.75) is 64.8 Å². The summed E-state index contributed by atoms with van der Waals surface area (Å²) in [5.74, 6) is 2.87. The number of unbranched alkanes of at least 4 members (excludes halogenated alkanes) is 1. The molecule has 0 radical (unpaired) electrons. The van der Waals surface area contributed by atoms with Crippen LogP contribution < -0.4 is 10.2 Å². The molecule has 0 bridgehead atoms. The lowest BCUT2D eigenvalue weighted by atomic mass is 9.95. The zero-order valence-corrected chi connectivity index (χ0v) is 13.2. The summed E-state index contributed by atoms with van der Waals surface area (Å²) in [6, 6.07) is 2.68. The molecule has 2 rings (SSSR count). The summed E-state index contributed by atoms with van der Waals surface area (Å²) in [6.45, 7) is 5.24. The van der Waals surface area contributed by atoms with Crippen molar-refractivity contribution in [1.29, 1.82) is 0 Å². The standard InChI is InChI=1S/C16H28N4/c1-4-5-11-20(3)16-12-15(17-13(2)18-16)19-14-9-7-6-8-10-14/h12,14H,4-11H2,1-3H3,(H,17,18,19). The second-order valence-electron chi connectivity index (χ2n) is 5.91. The van der Waals surface area contributed by atoms with Gasteiger partial charge >= 0.3 is 0 Å². The lowest BCUT2D eigenvalue weighted by Gasteiger charge is -2.24. The van der Waals surface area contributed by atoms with Crippen LogP contribution in [0.3, 0.4) is 0 Å². The van der Waals surface area contributed by atoms with E-state index in [0.29, 0.717) is 6.04 Å².